The lowest BCUT2D eigenvalue weighted by Crippen LogP contribution is -2.49. The minimum absolute atomic E-state index is 0.0272. The van der Waals surface area contributed by atoms with E-state index in [1.807, 2.05) is 39.8 Å². The summed E-state index contributed by atoms with van der Waals surface area (Å²) in [7, 11) is 0. The standard InChI is InChI=1S/C14H20Cl2N2O/c1-9(13(19)18-14(2,3)4)17-8-10-5-11(15)7-12(16)6-10/h5-7,9,17H,8H2,1-4H3,(H,18,19). The minimum Gasteiger partial charge on any atom is -0.350 e. The number of hydrogen-bond acceptors (Lipinski definition) is 2. The summed E-state index contributed by atoms with van der Waals surface area (Å²) in [6.45, 7) is 8.23. The van der Waals surface area contributed by atoms with E-state index in [9.17, 15) is 4.79 Å². The number of nitrogens with one attached hydrogen (secondary N) is 2. The van der Waals surface area contributed by atoms with Gasteiger partial charge >= 0.3 is 0 Å². The molecule has 0 aromatic heterocycles. The van der Waals surface area contributed by atoms with Crippen molar-refractivity contribution in [3.8, 4) is 0 Å². The normalized spacial score (nSPS) is 13.2. The van der Waals surface area contributed by atoms with Gasteiger partial charge in [0.15, 0.2) is 0 Å². The van der Waals surface area contributed by atoms with Gasteiger partial charge in [-0.3, -0.25) is 4.79 Å². The largest absolute Gasteiger partial charge is 0.350 e. The minimum atomic E-state index is -0.281. The van der Waals surface area contributed by atoms with Crippen molar-refractivity contribution >= 4 is 29.1 Å². The predicted octanol–water partition coefficient (Wildman–Crippen LogP) is 3.39. The van der Waals surface area contributed by atoms with E-state index in [2.05, 4.69) is 10.6 Å². The summed E-state index contributed by atoms with van der Waals surface area (Å²) in [5.41, 5.74) is 0.722. The van der Waals surface area contributed by atoms with Crippen LogP contribution in [0.4, 0.5) is 0 Å². The summed E-state index contributed by atoms with van der Waals surface area (Å²) in [6, 6.07) is 5.06. The summed E-state index contributed by atoms with van der Waals surface area (Å²) in [5, 5.41) is 7.26. The highest BCUT2D eigenvalue weighted by Crippen LogP contribution is 2.18. The van der Waals surface area contributed by atoms with Crippen molar-refractivity contribution in [2.75, 3.05) is 0 Å². The molecule has 1 rings (SSSR count). The van der Waals surface area contributed by atoms with Crippen LogP contribution >= 0.6 is 23.2 Å². The van der Waals surface area contributed by atoms with Crippen LogP contribution in [0.15, 0.2) is 18.2 Å². The molecule has 0 radical (unpaired) electrons. The quantitative estimate of drug-likeness (QED) is 0.895. The Morgan fingerprint density at radius 1 is 1.21 bits per heavy atom. The zero-order valence-electron chi connectivity index (χ0n) is 11.7. The molecule has 0 aliphatic heterocycles. The molecule has 1 aromatic rings. The van der Waals surface area contributed by atoms with Gasteiger partial charge in [-0.2, -0.15) is 0 Å². The second-order valence-electron chi connectivity index (χ2n) is 5.62. The monoisotopic (exact) mass is 302 g/mol. The highest BCUT2D eigenvalue weighted by molar-refractivity contribution is 6.34. The summed E-state index contributed by atoms with van der Waals surface area (Å²) >= 11 is 11.8. The molecule has 1 amide bonds. The lowest BCUT2D eigenvalue weighted by Gasteiger charge is -2.23. The first kappa shape index (κ1) is 16.3. The van der Waals surface area contributed by atoms with Gasteiger partial charge in [0, 0.05) is 22.1 Å². The van der Waals surface area contributed by atoms with Gasteiger partial charge in [0.2, 0.25) is 5.91 Å². The van der Waals surface area contributed by atoms with E-state index in [0.717, 1.165) is 5.56 Å². The first-order valence-corrected chi connectivity index (χ1v) is 6.93. The third kappa shape index (κ3) is 6.28. The van der Waals surface area contributed by atoms with Gasteiger partial charge in [-0.15, -0.1) is 0 Å². The highest BCUT2D eigenvalue weighted by Gasteiger charge is 2.18. The third-order valence-electron chi connectivity index (χ3n) is 2.43. The Morgan fingerprint density at radius 2 is 1.74 bits per heavy atom. The average molecular weight is 303 g/mol. The van der Waals surface area contributed by atoms with Crippen molar-refractivity contribution in [2.24, 2.45) is 0 Å². The number of carbonyl (C=O) groups excluding carboxylic acids is 1. The summed E-state index contributed by atoms with van der Waals surface area (Å²) < 4.78 is 0. The fraction of sp³-hybridized carbons (Fsp3) is 0.500. The molecule has 0 fully saturated rings. The van der Waals surface area contributed by atoms with Gasteiger partial charge in [0.05, 0.1) is 6.04 Å². The maximum atomic E-state index is 11.9. The molecule has 1 unspecified atom stereocenters. The predicted molar refractivity (Wildman–Crippen MR) is 80.7 cm³/mol. The number of hydrogen-bond donors (Lipinski definition) is 2. The van der Waals surface area contributed by atoms with Gasteiger partial charge in [0.25, 0.3) is 0 Å². The molecule has 0 heterocycles. The van der Waals surface area contributed by atoms with E-state index < -0.39 is 0 Å². The van der Waals surface area contributed by atoms with Crippen LogP contribution in [-0.4, -0.2) is 17.5 Å². The van der Waals surface area contributed by atoms with Crippen LogP contribution in [0.2, 0.25) is 10.0 Å². The fourth-order valence-corrected chi connectivity index (χ4v) is 2.13. The van der Waals surface area contributed by atoms with Crippen LogP contribution in [0.1, 0.15) is 33.3 Å². The molecule has 1 aromatic carbocycles. The van der Waals surface area contributed by atoms with Crippen LogP contribution in [-0.2, 0) is 11.3 Å². The number of amides is 1. The van der Waals surface area contributed by atoms with Crippen molar-refractivity contribution in [2.45, 2.75) is 45.8 Å². The fourth-order valence-electron chi connectivity index (χ4n) is 1.55. The molecule has 0 saturated heterocycles. The Bertz CT molecular complexity index is 435. The van der Waals surface area contributed by atoms with E-state index in [1.54, 1.807) is 6.07 Å². The maximum Gasteiger partial charge on any atom is 0.237 e. The van der Waals surface area contributed by atoms with Crippen LogP contribution in [0.3, 0.4) is 0 Å². The second kappa shape index (κ2) is 6.60. The first-order chi connectivity index (χ1) is 8.67. The van der Waals surface area contributed by atoms with Crippen molar-refractivity contribution in [3.63, 3.8) is 0 Å². The maximum absolute atomic E-state index is 11.9. The Kier molecular flexibility index (Phi) is 5.65. The van der Waals surface area contributed by atoms with E-state index in [4.69, 9.17) is 23.2 Å². The van der Waals surface area contributed by atoms with Gasteiger partial charge in [-0.05, 0) is 51.5 Å². The van der Waals surface area contributed by atoms with Crippen LogP contribution in [0.5, 0.6) is 0 Å². The SMILES string of the molecule is CC(NCc1cc(Cl)cc(Cl)c1)C(=O)NC(C)(C)C. The Balaban J connectivity index is 2.54. The van der Waals surface area contributed by atoms with Crippen molar-refractivity contribution < 1.29 is 4.79 Å². The van der Waals surface area contributed by atoms with Crippen molar-refractivity contribution in [1.29, 1.82) is 0 Å². The number of benzene rings is 1. The lowest BCUT2D eigenvalue weighted by atomic mass is 10.1. The molecule has 2 N–H and O–H groups in total. The van der Waals surface area contributed by atoms with E-state index in [0.29, 0.717) is 16.6 Å². The molecule has 0 saturated carbocycles. The van der Waals surface area contributed by atoms with Gasteiger partial charge < -0.3 is 10.6 Å². The summed E-state index contributed by atoms with van der Waals surface area (Å²) in [4.78, 5) is 11.9. The highest BCUT2D eigenvalue weighted by atomic mass is 35.5. The number of rotatable bonds is 4. The molecule has 106 valence electrons. The zero-order chi connectivity index (χ0) is 14.6. The smallest absolute Gasteiger partial charge is 0.237 e. The van der Waals surface area contributed by atoms with Crippen LogP contribution in [0.25, 0.3) is 0 Å². The Morgan fingerprint density at radius 3 is 2.21 bits per heavy atom. The van der Waals surface area contributed by atoms with E-state index >= 15 is 0 Å². The van der Waals surface area contributed by atoms with Crippen molar-refractivity contribution in [1.82, 2.24) is 10.6 Å². The average Bonchev–Trinajstić information content (AvgIpc) is 2.22. The first-order valence-electron chi connectivity index (χ1n) is 6.18. The van der Waals surface area contributed by atoms with Gasteiger partial charge in [-0.25, -0.2) is 0 Å². The van der Waals surface area contributed by atoms with Gasteiger partial charge in [0.1, 0.15) is 0 Å². The third-order valence-corrected chi connectivity index (χ3v) is 2.86. The molecule has 0 spiro atoms. The summed E-state index contributed by atoms with van der Waals surface area (Å²) in [6.07, 6.45) is 0. The van der Waals surface area contributed by atoms with Crippen LogP contribution in [0, 0.1) is 0 Å². The molecule has 3 nitrogen and oxygen atoms in total. The van der Waals surface area contributed by atoms with Gasteiger partial charge in [-0.1, -0.05) is 23.2 Å². The number of carbonyl (C=O) groups is 1. The second-order valence-corrected chi connectivity index (χ2v) is 6.49. The Labute approximate surface area is 124 Å². The van der Waals surface area contributed by atoms with E-state index in [1.165, 1.54) is 0 Å². The van der Waals surface area contributed by atoms with E-state index in [-0.39, 0.29) is 17.5 Å². The summed E-state index contributed by atoms with van der Waals surface area (Å²) in [5.74, 6) is -0.0272. The number of halogens is 2. The van der Waals surface area contributed by atoms with Crippen LogP contribution < -0.4 is 10.6 Å². The molecular formula is C14H20Cl2N2O. The molecule has 0 aliphatic rings. The molecule has 0 aliphatic carbocycles. The lowest BCUT2D eigenvalue weighted by molar-refractivity contribution is -0.124. The molecule has 19 heavy (non-hydrogen) atoms. The topological polar surface area (TPSA) is 41.1 Å². The van der Waals surface area contributed by atoms with Crippen molar-refractivity contribution in [3.05, 3.63) is 33.8 Å². The molecule has 0 bridgehead atoms. The molecule has 5 heteroatoms. The zero-order valence-corrected chi connectivity index (χ0v) is 13.2. The molecular weight excluding hydrogens is 283 g/mol. The Hall–Kier alpha value is -0.770. The molecule has 1 atom stereocenters.